The van der Waals surface area contributed by atoms with Crippen molar-refractivity contribution in [3.63, 3.8) is 0 Å². The number of nitrogens with zero attached hydrogens (tertiary/aromatic N) is 4. The molecule has 0 saturated heterocycles. The van der Waals surface area contributed by atoms with Gasteiger partial charge in [-0.05, 0) is 19.1 Å². The molecule has 0 radical (unpaired) electrons. The highest BCUT2D eigenvalue weighted by Crippen LogP contribution is 2.27. The van der Waals surface area contributed by atoms with Crippen molar-refractivity contribution in [2.45, 2.75) is 24.4 Å². The maximum Gasteiger partial charge on any atom is 0.200 e. The lowest BCUT2D eigenvalue weighted by molar-refractivity contribution is 0.569. The van der Waals surface area contributed by atoms with E-state index in [1.807, 2.05) is 29.7 Å². The summed E-state index contributed by atoms with van der Waals surface area (Å²) in [6.07, 6.45) is 3.46. The van der Waals surface area contributed by atoms with Crippen molar-refractivity contribution in [2.24, 2.45) is 0 Å². The van der Waals surface area contributed by atoms with Gasteiger partial charge < -0.3 is 4.42 Å². The SMILES string of the molecule is C=CCn1c(SCc2csc(C)n2)nnc1-c1ccco1. The topological polar surface area (TPSA) is 56.7 Å². The van der Waals surface area contributed by atoms with Gasteiger partial charge in [0.05, 0.1) is 17.0 Å². The van der Waals surface area contributed by atoms with Crippen LogP contribution >= 0.6 is 23.1 Å². The van der Waals surface area contributed by atoms with Gasteiger partial charge in [0.1, 0.15) is 0 Å². The first-order valence-electron chi connectivity index (χ1n) is 6.39. The van der Waals surface area contributed by atoms with Gasteiger partial charge >= 0.3 is 0 Å². The second-order valence-corrected chi connectivity index (χ2v) is 6.33. The minimum Gasteiger partial charge on any atom is -0.461 e. The minimum absolute atomic E-state index is 0.640. The number of rotatable bonds is 6. The summed E-state index contributed by atoms with van der Waals surface area (Å²) < 4.78 is 7.40. The van der Waals surface area contributed by atoms with Crippen molar-refractivity contribution in [2.75, 3.05) is 0 Å². The first-order chi connectivity index (χ1) is 10.3. The second kappa shape index (κ2) is 6.28. The zero-order chi connectivity index (χ0) is 14.7. The van der Waals surface area contributed by atoms with E-state index in [0.29, 0.717) is 12.3 Å². The Morgan fingerprint density at radius 3 is 3.05 bits per heavy atom. The predicted molar refractivity (Wildman–Crippen MR) is 84.3 cm³/mol. The molecule has 3 aromatic rings. The summed E-state index contributed by atoms with van der Waals surface area (Å²) >= 11 is 3.27. The fourth-order valence-electron chi connectivity index (χ4n) is 1.89. The monoisotopic (exact) mass is 318 g/mol. The number of aromatic nitrogens is 4. The van der Waals surface area contributed by atoms with Gasteiger partial charge in [-0.3, -0.25) is 4.57 Å². The van der Waals surface area contributed by atoms with Crippen LogP contribution < -0.4 is 0 Å². The van der Waals surface area contributed by atoms with E-state index in [1.54, 1.807) is 29.4 Å². The number of allylic oxidation sites excluding steroid dienone is 1. The third-order valence-corrected chi connectivity index (χ3v) is 4.61. The van der Waals surface area contributed by atoms with Crippen LogP contribution in [0.15, 0.2) is 46.0 Å². The molecule has 0 aromatic carbocycles. The standard InChI is InChI=1S/C14H14N4OS2/c1-3-6-18-13(12-5-4-7-19-12)16-17-14(18)21-9-11-8-20-10(2)15-11/h3-5,7-8H,1,6,9H2,2H3. The van der Waals surface area contributed by atoms with E-state index in [0.717, 1.165) is 27.4 Å². The number of thiazole rings is 1. The van der Waals surface area contributed by atoms with Gasteiger partial charge in [0.2, 0.25) is 5.82 Å². The summed E-state index contributed by atoms with van der Waals surface area (Å²) in [6, 6.07) is 3.72. The molecule has 3 aromatic heterocycles. The number of aryl methyl sites for hydroxylation is 1. The van der Waals surface area contributed by atoms with Crippen LogP contribution in [0.1, 0.15) is 10.7 Å². The predicted octanol–water partition coefficient (Wildman–Crippen LogP) is 3.78. The molecule has 0 N–H and O–H groups in total. The van der Waals surface area contributed by atoms with E-state index in [1.165, 1.54) is 0 Å². The molecule has 21 heavy (non-hydrogen) atoms. The summed E-state index contributed by atoms with van der Waals surface area (Å²) in [4.78, 5) is 4.46. The Balaban J connectivity index is 1.83. The van der Waals surface area contributed by atoms with E-state index >= 15 is 0 Å². The Kier molecular flexibility index (Phi) is 4.21. The maximum absolute atomic E-state index is 5.41. The summed E-state index contributed by atoms with van der Waals surface area (Å²) in [5.41, 5.74) is 1.07. The fraction of sp³-hybridized carbons (Fsp3) is 0.214. The molecule has 0 saturated carbocycles. The average Bonchev–Trinajstić information content (AvgIpc) is 3.18. The molecular weight excluding hydrogens is 304 g/mol. The lowest BCUT2D eigenvalue weighted by Gasteiger charge is -2.05. The largest absolute Gasteiger partial charge is 0.461 e. The first kappa shape index (κ1) is 14.1. The Hall–Kier alpha value is -1.86. The molecular formula is C14H14N4OS2. The van der Waals surface area contributed by atoms with E-state index in [9.17, 15) is 0 Å². The summed E-state index contributed by atoms with van der Waals surface area (Å²) in [6.45, 7) is 6.44. The highest BCUT2D eigenvalue weighted by atomic mass is 32.2. The smallest absolute Gasteiger partial charge is 0.200 e. The molecule has 0 aliphatic heterocycles. The van der Waals surface area contributed by atoms with E-state index in [4.69, 9.17) is 4.42 Å². The minimum atomic E-state index is 0.640. The summed E-state index contributed by atoms with van der Waals surface area (Å²) in [5.74, 6) is 2.20. The summed E-state index contributed by atoms with van der Waals surface area (Å²) in [7, 11) is 0. The van der Waals surface area contributed by atoms with Crippen molar-refractivity contribution in [3.05, 3.63) is 47.1 Å². The van der Waals surface area contributed by atoms with Crippen LogP contribution in [0.2, 0.25) is 0 Å². The van der Waals surface area contributed by atoms with Gasteiger partial charge in [0.15, 0.2) is 10.9 Å². The van der Waals surface area contributed by atoms with Crippen molar-refractivity contribution < 1.29 is 4.42 Å². The van der Waals surface area contributed by atoms with Crippen molar-refractivity contribution in [3.8, 4) is 11.6 Å². The number of hydrogen-bond donors (Lipinski definition) is 0. The van der Waals surface area contributed by atoms with Crippen molar-refractivity contribution >= 4 is 23.1 Å². The molecule has 0 aliphatic rings. The van der Waals surface area contributed by atoms with E-state index < -0.39 is 0 Å². The first-order valence-corrected chi connectivity index (χ1v) is 8.26. The van der Waals surface area contributed by atoms with Crippen LogP contribution in [-0.2, 0) is 12.3 Å². The number of furan rings is 1. The van der Waals surface area contributed by atoms with Crippen LogP contribution in [0.25, 0.3) is 11.6 Å². The zero-order valence-corrected chi connectivity index (χ0v) is 13.2. The lowest BCUT2D eigenvalue weighted by Crippen LogP contribution is -2.00. The van der Waals surface area contributed by atoms with Gasteiger partial charge in [-0.15, -0.1) is 28.1 Å². The molecule has 0 aliphatic carbocycles. The van der Waals surface area contributed by atoms with Crippen molar-refractivity contribution in [1.82, 2.24) is 19.7 Å². The molecule has 0 atom stereocenters. The molecule has 0 spiro atoms. The lowest BCUT2D eigenvalue weighted by atomic mass is 10.4. The number of hydrogen-bond acceptors (Lipinski definition) is 6. The van der Waals surface area contributed by atoms with Gasteiger partial charge in [0.25, 0.3) is 0 Å². The third-order valence-electron chi connectivity index (χ3n) is 2.79. The molecule has 7 heteroatoms. The van der Waals surface area contributed by atoms with Crippen LogP contribution in [0, 0.1) is 6.92 Å². The molecule has 0 fully saturated rings. The van der Waals surface area contributed by atoms with E-state index in [-0.39, 0.29) is 0 Å². The molecule has 3 rings (SSSR count). The quantitative estimate of drug-likeness (QED) is 0.511. The highest BCUT2D eigenvalue weighted by Gasteiger charge is 2.15. The Morgan fingerprint density at radius 2 is 2.38 bits per heavy atom. The van der Waals surface area contributed by atoms with Crippen LogP contribution in [0.3, 0.4) is 0 Å². The van der Waals surface area contributed by atoms with Gasteiger partial charge in [-0.25, -0.2) is 4.98 Å². The van der Waals surface area contributed by atoms with Crippen LogP contribution in [0.4, 0.5) is 0 Å². The molecule has 5 nitrogen and oxygen atoms in total. The Bertz CT molecular complexity index is 730. The molecule has 0 amide bonds. The van der Waals surface area contributed by atoms with E-state index in [2.05, 4.69) is 27.1 Å². The van der Waals surface area contributed by atoms with Gasteiger partial charge in [0, 0.05) is 17.7 Å². The Labute approximate surface area is 130 Å². The normalized spacial score (nSPS) is 10.9. The van der Waals surface area contributed by atoms with Crippen LogP contribution in [-0.4, -0.2) is 19.7 Å². The van der Waals surface area contributed by atoms with Gasteiger partial charge in [-0.2, -0.15) is 0 Å². The maximum atomic E-state index is 5.41. The van der Waals surface area contributed by atoms with Crippen LogP contribution in [0.5, 0.6) is 0 Å². The highest BCUT2D eigenvalue weighted by molar-refractivity contribution is 7.98. The second-order valence-electron chi connectivity index (χ2n) is 4.33. The molecule has 108 valence electrons. The molecule has 3 heterocycles. The van der Waals surface area contributed by atoms with Crippen molar-refractivity contribution in [1.29, 1.82) is 0 Å². The third kappa shape index (κ3) is 3.08. The summed E-state index contributed by atoms with van der Waals surface area (Å²) in [5, 5.41) is 12.5. The van der Waals surface area contributed by atoms with Gasteiger partial charge in [-0.1, -0.05) is 17.8 Å². The Morgan fingerprint density at radius 1 is 1.48 bits per heavy atom. The average molecular weight is 318 g/mol. The molecule has 0 unspecified atom stereocenters. The number of thioether (sulfide) groups is 1. The fourth-order valence-corrected chi connectivity index (χ4v) is 3.45. The zero-order valence-electron chi connectivity index (χ0n) is 11.5. The molecule has 0 bridgehead atoms.